The van der Waals surface area contributed by atoms with Gasteiger partial charge in [-0.2, -0.15) is 0 Å². The van der Waals surface area contributed by atoms with Crippen LogP contribution in [-0.2, 0) is 6.42 Å². The van der Waals surface area contributed by atoms with Crippen LogP contribution in [0.4, 0.5) is 0 Å². The third-order valence-corrected chi connectivity index (χ3v) is 3.18. The van der Waals surface area contributed by atoms with Crippen molar-refractivity contribution in [3.05, 3.63) is 35.9 Å². The van der Waals surface area contributed by atoms with Gasteiger partial charge in [-0.25, -0.2) is 0 Å². The number of nitrogens with two attached hydrogens (primary N) is 1. The highest BCUT2D eigenvalue weighted by molar-refractivity contribution is 5.14. The van der Waals surface area contributed by atoms with Gasteiger partial charge in [0.1, 0.15) is 0 Å². The first-order valence-electron chi connectivity index (χ1n) is 6.08. The fourth-order valence-electron chi connectivity index (χ4n) is 2.19. The van der Waals surface area contributed by atoms with Crippen LogP contribution in [0, 0.1) is 0 Å². The number of nitrogens with zero attached hydrogens (tertiary/aromatic N) is 1. The molecule has 3 heteroatoms. The van der Waals surface area contributed by atoms with E-state index in [1.807, 2.05) is 0 Å². The predicted octanol–water partition coefficient (Wildman–Crippen LogP) is 0.462. The van der Waals surface area contributed by atoms with Crippen LogP contribution in [0.15, 0.2) is 30.3 Å². The molecule has 2 rings (SSSR count). The van der Waals surface area contributed by atoms with E-state index < -0.39 is 0 Å². The van der Waals surface area contributed by atoms with E-state index in [4.69, 9.17) is 5.73 Å². The molecule has 1 saturated heterocycles. The van der Waals surface area contributed by atoms with Gasteiger partial charge >= 0.3 is 0 Å². The molecule has 1 aromatic rings. The van der Waals surface area contributed by atoms with E-state index in [2.05, 4.69) is 40.5 Å². The van der Waals surface area contributed by atoms with Crippen LogP contribution in [0.5, 0.6) is 0 Å². The second-order valence-corrected chi connectivity index (χ2v) is 4.42. The van der Waals surface area contributed by atoms with Gasteiger partial charge < -0.3 is 16.0 Å². The van der Waals surface area contributed by atoms with Gasteiger partial charge in [0.2, 0.25) is 0 Å². The number of piperazine rings is 1. The Labute approximate surface area is 97.6 Å². The lowest BCUT2D eigenvalue weighted by Crippen LogP contribution is -2.53. The maximum absolute atomic E-state index is 5.68. The second-order valence-electron chi connectivity index (χ2n) is 4.42. The van der Waals surface area contributed by atoms with Crippen molar-refractivity contribution in [3.63, 3.8) is 0 Å². The molecule has 1 atom stereocenters. The van der Waals surface area contributed by atoms with Crippen molar-refractivity contribution in [2.75, 3.05) is 32.7 Å². The first-order chi connectivity index (χ1) is 7.88. The Kier molecular flexibility index (Phi) is 4.34. The van der Waals surface area contributed by atoms with Crippen molar-refractivity contribution in [2.45, 2.75) is 12.5 Å². The Bertz CT molecular complexity index is 299. The highest BCUT2D eigenvalue weighted by Crippen LogP contribution is 2.03. The monoisotopic (exact) mass is 219 g/mol. The van der Waals surface area contributed by atoms with Crippen molar-refractivity contribution < 1.29 is 0 Å². The molecular weight excluding hydrogens is 198 g/mol. The summed E-state index contributed by atoms with van der Waals surface area (Å²) in [5, 5.41) is 3.43. The number of benzene rings is 1. The minimum Gasteiger partial charge on any atom is -0.329 e. The quantitative estimate of drug-likeness (QED) is 0.773. The van der Waals surface area contributed by atoms with Crippen LogP contribution < -0.4 is 11.1 Å². The van der Waals surface area contributed by atoms with Crippen LogP contribution in [0.2, 0.25) is 0 Å². The average molecular weight is 219 g/mol. The zero-order valence-electron chi connectivity index (χ0n) is 9.73. The van der Waals surface area contributed by atoms with Crippen molar-refractivity contribution in [2.24, 2.45) is 5.73 Å². The van der Waals surface area contributed by atoms with Gasteiger partial charge in [-0.3, -0.25) is 0 Å². The lowest BCUT2D eigenvalue weighted by atomic mass is 10.1. The molecule has 0 radical (unpaired) electrons. The Morgan fingerprint density at radius 2 is 2.12 bits per heavy atom. The SMILES string of the molecule is NCC1CN(CCc2ccccc2)CCN1. The van der Waals surface area contributed by atoms with E-state index in [0.29, 0.717) is 6.04 Å². The van der Waals surface area contributed by atoms with E-state index in [1.165, 1.54) is 5.56 Å². The van der Waals surface area contributed by atoms with E-state index in [0.717, 1.165) is 39.1 Å². The number of rotatable bonds is 4. The summed E-state index contributed by atoms with van der Waals surface area (Å²) in [5.41, 5.74) is 7.11. The molecule has 1 aliphatic rings. The van der Waals surface area contributed by atoms with Crippen molar-refractivity contribution in [1.82, 2.24) is 10.2 Å². The van der Waals surface area contributed by atoms with Crippen molar-refractivity contribution >= 4 is 0 Å². The molecule has 3 N–H and O–H groups in total. The number of hydrogen-bond donors (Lipinski definition) is 2. The van der Waals surface area contributed by atoms with Gasteiger partial charge in [-0.05, 0) is 12.0 Å². The van der Waals surface area contributed by atoms with Gasteiger partial charge in [-0.1, -0.05) is 30.3 Å². The summed E-state index contributed by atoms with van der Waals surface area (Å²) in [4.78, 5) is 2.50. The molecule has 0 bridgehead atoms. The third kappa shape index (κ3) is 3.30. The van der Waals surface area contributed by atoms with E-state index in [9.17, 15) is 0 Å². The molecule has 0 saturated carbocycles. The van der Waals surface area contributed by atoms with Crippen LogP contribution in [-0.4, -0.2) is 43.7 Å². The third-order valence-electron chi connectivity index (χ3n) is 3.18. The summed E-state index contributed by atoms with van der Waals surface area (Å²) >= 11 is 0. The highest BCUT2D eigenvalue weighted by atomic mass is 15.2. The minimum absolute atomic E-state index is 0.476. The lowest BCUT2D eigenvalue weighted by molar-refractivity contribution is 0.204. The molecule has 16 heavy (non-hydrogen) atoms. The first kappa shape index (κ1) is 11.6. The van der Waals surface area contributed by atoms with Crippen LogP contribution >= 0.6 is 0 Å². The topological polar surface area (TPSA) is 41.3 Å². The van der Waals surface area contributed by atoms with Crippen molar-refractivity contribution in [1.29, 1.82) is 0 Å². The Morgan fingerprint density at radius 3 is 2.88 bits per heavy atom. The molecule has 3 nitrogen and oxygen atoms in total. The molecule has 1 fully saturated rings. The number of nitrogens with one attached hydrogen (secondary N) is 1. The summed E-state index contributed by atoms with van der Waals surface area (Å²) < 4.78 is 0. The van der Waals surface area contributed by atoms with Gasteiger partial charge in [0.05, 0.1) is 0 Å². The zero-order valence-corrected chi connectivity index (χ0v) is 9.73. The fourth-order valence-corrected chi connectivity index (χ4v) is 2.19. The van der Waals surface area contributed by atoms with Crippen LogP contribution in [0.1, 0.15) is 5.56 Å². The number of hydrogen-bond acceptors (Lipinski definition) is 3. The standard InChI is InChI=1S/C13H21N3/c14-10-13-11-16(9-7-15-13)8-6-12-4-2-1-3-5-12/h1-5,13,15H,6-11,14H2. The molecule has 1 aliphatic heterocycles. The molecule has 0 aromatic heterocycles. The summed E-state index contributed by atoms with van der Waals surface area (Å²) in [5.74, 6) is 0. The highest BCUT2D eigenvalue weighted by Gasteiger charge is 2.17. The molecule has 1 aromatic carbocycles. The maximum atomic E-state index is 5.68. The predicted molar refractivity (Wildman–Crippen MR) is 67.4 cm³/mol. The van der Waals surface area contributed by atoms with Crippen LogP contribution in [0.3, 0.4) is 0 Å². The van der Waals surface area contributed by atoms with Gasteiger partial charge in [0.15, 0.2) is 0 Å². The fraction of sp³-hybridized carbons (Fsp3) is 0.538. The zero-order chi connectivity index (χ0) is 11.2. The van der Waals surface area contributed by atoms with Crippen LogP contribution in [0.25, 0.3) is 0 Å². The van der Waals surface area contributed by atoms with E-state index in [1.54, 1.807) is 0 Å². The largest absolute Gasteiger partial charge is 0.329 e. The molecule has 1 heterocycles. The molecule has 0 amide bonds. The molecule has 1 unspecified atom stereocenters. The van der Waals surface area contributed by atoms with Gasteiger partial charge in [-0.15, -0.1) is 0 Å². The molecular formula is C13H21N3. The molecule has 0 aliphatic carbocycles. The summed E-state index contributed by atoms with van der Waals surface area (Å²) in [7, 11) is 0. The van der Waals surface area contributed by atoms with Gasteiger partial charge in [0.25, 0.3) is 0 Å². The summed E-state index contributed by atoms with van der Waals surface area (Å²) in [6.45, 7) is 5.17. The Morgan fingerprint density at radius 1 is 1.31 bits per heavy atom. The average Bonchev–Trinajstić information content (AvgIpc) is 2.38. The minimum atomic E-state index is 0.476. The normalized spacial score (nSPS) is 22.2. The lowest BCUT2D eigenvalue weighted by Gasteiger charge is -2.33. The van der Waals surface area contributed by atoms with E-state index in [-0.39, 0.29) is 0 Å². The first-order valence-corrected chi connectivity index (χ1v) is 6.08. The van der Waals surface area contributed by atoms with Gasteiger partial charge in [0, 0.05) is 38.8 Å². The van der Waals surface area contributed by atoms with Crippen molar-refractivity contribution in [3.8, 4) is 0 Å². The second kappa shape index (κ2) is 5.99. The smallest absolute Gasteiger partial charge is 0.0318 e. The van der Waals surface area contributed by atoms with E-state index >= 15 is 0 Å². The Balaban J connectivity index is 1.77. The summed E-state index contributed by atoms with van der Waals surface area (Å²) in [6.07, 6.45) is 1.14. The Hall–Kier alpha value is -0.900. The molecule has 88 valence electrons. The molecule has 0 spiro atoms. The maximum Gasteiger partial charge on any atom is 0.0318 e. The summed E-state index contributed by atoms with van der Waals surface area (Å²) in [6, 6.07) is 11.2.